The Labute approximate surface area is 244 Å². The second-order valence-corrected chi connectivity index (χ2v) is 31.6. The van der Waals surface area contributed by atoms with Gasteiger partial charge in [0, 0.05) is 31.9 Å². The second-order valence-electron chi connectivity index (χ2n) is 16.5. The normalized spacial score (nSPS) is 17.4. The molecule has 0 unspecified atom stereocenters. The summed E-state index contributed by atoms with van der Waals surface area (Å²) in [6.07, 6.45) is -1.02. The van der Waals surface area contributed by atoms with Crippen molar-refractivity contribution in [3.63, 3.8) is 0 Å². The molecule has 0 amide bonds. The van der Waals surface area contributed by atoms with Crippen molar-refractivity contribution >= 4 is 36.5 Å². The van der Waals surface area contributed by atoms with Crippen LogP contribution in [0.1, 0.15) is 75.7 Å². The highest BCUT2D eigenvalue weighted by atomic mass is 28.4. The van der Waals surface area contributed by atoms with E-state index in [9.17, 15) is 14.7 Å². The summed E-state index contributed by atoms with van der Waals surface area (Å²) in [5.41, 5.74) is -0.961. The summed E-state index contributed by atoms with van der Waals surface area (Å²) >= 11 is 0. The lowest BCUT2D eigenvalue weighted by Gasteiger charge is -2.46. The van der Waals surface area contributed by atoms with Crippen LogP contribution in [-0.4, -0.2) is 67.0 Å². The summed E-state index contributed by atoms with van der Waals surface area (Å²) in [5, 5.41) is 9.97. The topological polar surface area (TPSA) is 82.1 Å². The molecule has 232 valence electrons. The first-order valence-electron chi connectivity index (χ1n) is 14.8. The fraction of sp³-hybridized carbons (Fsp3) is 0.933. The molecule has 0 aliphatic rings. The Morgan fingerprint density at radius 3 is 1.59 bits per heavy atom. The molecule has 6 nitrogen and oxygen atoms in total. The smallest absolute Gasteiger partial charge is 0.308 e. The monoisotopic (exact) mass is 604 g/mol. The molecule has 0 bridgehead atoms. The SMILES string of the molecule is C[C@@H](CO)[C@H](O[Si](C)(C)C(C)(C)C)[C@@H](C)C(=O)C(C)(C)[C@H](CC(=O)OCC[Si](C)(C)C)O[Si](C)(C)C(C)(C)C. The summed E-state index contributed by atoms with van der Waals surface area (Å²) in [5.74, 6) is -1.02. The average Bonchev–Trinajstić information content (AvgIpc) is 2.72. The summed E-state index contributed by atoms with van der Waals surface area (Å²) in [6, 6.07) is 0.900. The van der Waals surface area contributed by atoms with Gasteiger partial charge in [-0.15, -0.1) is 0 Å². The van der Waals surface area contributed by atoms with Crippen molar-refractivity contribution in [2.24, 2.45) is 17.3 Å². The van der Waals surface area contributed by atoms with Crippen molar-refractivity contribution in [3.05, 3.63) is 0 Å². The van der Waals surface area contributed by atoms with Crippen LogP contribution >= 0.6 is 0 Å². The zero-order valence-corrected chi connectivity index (χ0v) is 31.6. The molecule has 0 saturated heterocycles. The van der Waals surface area contributed by atoms with Gasteiger partial charge in [0.15, 0.2) is 16.6 Å². The Hall–Kier alpha value is -0.329. The minimum atomic E-state index is -2.32. The van der Waals surface area contributed by atoms with E-state index in [4.69, 9.17) is 13.6 Å². The first-order chi connectivity index (χ1) is 17.1. The van der Waals surface area contributed by atoms with E-state index in [0.29, 0.717) is 6.61 Å². The van der Waals surface area contributed by atoms with Crippen molar-refractivity contribution in [2.75, 3.05) is 13.2 Å². The van der Waals surface area contributed by atoms with Crippen LogP contribution in [0.4, 0.5) is 0 Å². The maximum Gasteiger partial charge on any atom is 0.308 e. The third-order valence-electron chi connectivity index (χ3n) is 9.14. The molecule has 0 radical (unpaired) electrons. The maximum atomic E-state index is 14.3. The molecule has 0 saturated carbocycles. The Bertz CT molecular complexity index is 803. The van der Waals surface area contributed by atoms with Crippen LogP contribution in [0.25, 0.3) is 0 Å². The zero-order chi connectivity index (χ0) is 31.4. The minimum Gasteiger partial charge on any atom is -0.466 e. The zero-order valence-electron chi connectivity index (χ0n) is 28.6. The summed E-state index contributed by atoms with van der Waals surface area (Å²) in [7, 11) is -5.89. The van der Waals surface area contributed by atoms with Gasteiger partial charge in [0.05, 0.1) is 25.2 Å². The highest BCUT2D eigenvalue weighted by Gasteiger charge is 2.50. The van der Waals surface area contributed by atoms with Gasteiger partial charge >= 0.3 is 5.97 Å². The van der Waals surface area contributed by atoms with Gasteiger partial charge in [-0.05, 0) is 42.3 Å². The molecule has 0 aromatic heterocycles. The Morgan fingerprint density at radius 2 is 1.21 bits per heavy atom. The number of carbonyl (C=O) groups is 2. The fourth-order valence-corrected chi connectivity index (χ4v) is 7.51. The van der Waals surface area contributed by atoms with E-state index in [2.05, 4.69) is 87.4 Å². The van der Waals surface area contributed by atoms with Gasteiger partial charge in [-0.1, -0.05) is 88.9 Å². The molecule has 0 aromatic rings. The van der Waals surface area contributed by atoms with E-state index in [0.717, 1.165) is 6.04 Å². The van der Waals surface area contributed by atoms with Crippen molar-refractivity contribution in [1.29, 1.82) is 0 Å². The Morgan fingerprint density at radius 1 is 0.769 bits per heavy atom. The lowest BCUT2D eigenvalue weighted by atomic mass is 9.73. The fourth-order valence-electron chi connectivity index (χ4n) is 3.88. The lowest BCUT2D eigenvalue weighted by Crippen LogP contribution is -2.54. The second kappa shape index (κ2) is 13.8. The van der Waals surface area contributed by atoms with Crippen molar-refractivity contribution in [2.45, 2.75) is 150 Å². The van der Waals surface area contributed by atoms with Crippen molar-refractivity contribution in [1.82, 2.24) is 0 Å². The number of ketones is 1. The van der Waals surface area contributed by atoms with Gasteiger partial charge in [-0.2, -0.15) is 0 Å². The first kappa shape index (κ1) is 38.7. The standard InChI is InChI=1S/C30H64O6Si3/c1-22(21-31)26(36-39(16,17)29(6,7)8)23(2)27(33)30(9,10)24(35-38(14,15)28(3,4)5)20-25(32)34-18-19-37(11,12)13/h22-24,26,31H,18-21H2,1-17H3/t22-,23+,24-,26-/m0/s1. The molecule has 0 heterocycles. The van der Waals surface area contributed by atoms with E-state index in [1.54, 1.807) is 0 Å². The molecule has 0 rings (SSSR count). The summed E-state index contributed by atoms with van der Waals surface area (Å²) < 4.78 is 19.3. The minimum absolute atomic E-state index is 0.00915. The van der Waals surface area contributed by atoms with Gasteiger partial charge in [-0.25, -0.2) is 0 Å². The molecule has 0 aliphatic heterocycles. The molecule has 0 fully saturated rings. The average molecular weight is 605 g/mol. The quantitative estimate of drug-likeness (QED) is 0.151. The van der Waals surface area contributed by atoms with Gasteiger partial charge < -0.3 is 18.7 Å². The number of hydrogen-bond acceptors (Lipinski definition) is 6. The molecule has 39 heavy (non-hydrogen) atoms. The van der Waals surface area contributed by atoms with Crippen LogP contribution in [-0.2, 0) is 23.2 Å². The van der Waals surface area contributed by atoms with Crippen LogP contribution < -0.4 is 0 Å². The Kier molecular flexibility index (Phi) is 13.6. The number of aliphatic hydroxyl groups excluding tert-OH is 1. The van der Waals surface area contributed by atoms with E-state index < -0.39 is 48.2 Å². The van der Waals surface area contributed by atoms with E-state index in [-0.39, 0.29) is 40.8 Å². The van der Waals surface area contributed by atoms with Crippen LogP contribution in [0, 0.1) is 17.3 Å². The molecular weight excluding hydrogens is 541 g/mol. The molecular formula is C30H64O6Si3. The lowest BCUT2D eigenvalue weighted by molar-refractivity contribution is -0.150. The summed E-state index contributed by atoms with van der Waals surface area (Å²) in [6.45, 7) is 36.4. The van der Waals surface area contributed by atoms with Gasteiger partial charge in [0.1, 0.15) is 5.78 Å². The van der Waals surface area contributed by atoms with Gasteiger partial charge in [-0.3, -0.25) is 9.59 Å². The van der Waals surface area contributed by atoms with Crippen LogP contribution in [0.15, 0.2) is 0 Å². The highest BCUT2D eigenvalue weighted by Crippen LogP contribution is 2.43. The predicted octanol–water partition coefficient (Wildman–Crippen LogP) is 7.90. The third-order valence-corrected chi connectivity index (χ3v) is 19.8. The highest BCUT2D eigenvalue weighted by molar-refractivity contribution is 6.76. The van der Waals surface area contributed by atoms with Gasteiger partial charge in [0.2, 0.25) is 0 Å². The Balaban J connectivity index is 6.30. The molecule has 0 aliphatic carbocycles. The number of Topliss-reactive ketones (excluding diaryl/α,β-unsaturated/α-hetero) is 1. The molecule has 9 heteroatoms. The number of ether oxygens (including phenoxy) is 1. The van der Waals surface area contributed by atoms with Crippen LogP contribution in [0.5, 0.6) is 0 Å². The number of aliphatic hydroxyl groups is 1. The largest absolute Gasteiger partial charge is 0.466 e. The molecule has 0 aromatic carbocycles. The molecule has 1 N–H and O–H groups in total. The van der Waals surface area contributed by atoms with E-state index in [1.807, 2.05) is 27.7 Å². The number of hydrogen-bond donors (Lipinski definition) is 1. The number of esters is 1. The first-order valence-corrected chi connectivity index (χ1v) is 24.3. The van der Waals surface area contributed by atoms with Crippen molar-refractivity contribution < 1.29 is 28.3 Å². The summed E-state index contributed by atoms with van der Waals surface area (Å²) in [4.78, 5) is 27.4. The molecule has 4 atom stereocenters. The van der Waals surface area contributed by atoms with Crippen LogP contribution in [0.3, 0.4) is 0 Å². The predicted molar refractivity (Wildman–Crippen MR) is 172 cm³/mol. The van der Waals surface area contributed by atoms with E-state index in [1.165, 1.54) is 0 Å². The number of rotatable bonds is 15. The number of carbonyl (C=O) groups excluding carboxylic acids is 2. The van der Waals surface area contributed by atoms with Gasteiger partial charge in [0.25, 0.3) is 0 Å². The third kappa shape index (κ3) is 11.5. The van der Waals surface area contributed by atoms with E-state index >= 15 is 0 Å². The van der Waals surface area contributed by atoms with Crippen molar-refractivity contribution in [3.8, 4) is 0 Å². The maximum absolute atomic E-state index is 14.3. The molecule has 0 spiro atoms. The van der Waals surface area contributed by atoms with Crippen LogP contribution in [0.2, 0.25) is 61.9 Å².